The highest BCUT2D eigenvalue weighted by Gasteiger charge is 2.20. The van der Waals surface area contributed by atoms with Gasteiger partial charge in [-0.25, -0.2) is 18.1 Å². The first kappa shape index (κ1) is 19.7. The number of hydrogen-bond acceptors (Lipinski definition) is 4. The highest BCUT2D eigenvalue weighted by Crippen LogP contribution is 2.14. The third kappa shape index (κ3) is 6.64. The molecule has 0 spiro atoms. The summed E-state index contributed by atoms with van der Waals surface area (Å²) in [6.45, 7) is 4.35. The van der Waals surface area contributed by atoms with Gasteiger partial charge in [0.2, 0.25) is 10.0 Å². The summed E-state index contributed by atoms with van der Waals surface area (Å²) in [4.78, 5) is 4.49. The normalized spacial score (nSPS) is 18.4. The third-order valence-electron chi connectivity index (χ3n) is 4.03. The van der Waals surface area contributed by atoms with Crippen molar-refractivity contribution in [3.8, 4) is 0 Å². The van der Waals surface area contributed by atoms with Crippen LogP contribution in [-0.4, -0.2) is 40.2 Å². The van der Waals surface area contributed by atoms with E-state index in [4.69, 9.17) is 10.5 Å². The number of nitrogens with two attached hydrogens (primary N) is 1. The van der Waals surface area contributed by atoms with Gasteiger partial charge in [-0.05, 0) is 37.0 Å². The average Bonchev–Trinajstić information content (AvgIpc) is 3.12. The molecule has 7 nitrogen and oxygen atoms in total. The third-order valence-corrected chi connectivity index (χ3v) is 5.47. The number of nitrogens with zero attached hydrogens (tertiary/aromatic N) is 1. The fraction of sp³-hybridized carbons (Fsp3) is 0.588. The number of guanidine groups is 1. The lowest BCUT2D eigenvalue weighted by Gasteiger charge is -2.11. The van der Waals surface area contributed by atoms with Crippen LogP contribution in [0.5, 0.6) is 0 Å². The summed E-state index contributed by atoms with van der Waals surface area (Å²) in [6, 6.07) is 6.68. The Morgan fingerprint density at radius 3 is 2.76 bits per heavy atom. The van der Waals surface area contributed by atoms with Crippen LogP contribution in [0.3, 0.4) is 0 Å². The Bertz CT molecular complexity index is 653. The molecule has 1 aromatic carbocycles. The Labute approximate surface area is 150 Å². The number of benzene rings is 1. The maximum atomic E-state index is 12.3. The van der Waals surface area contributed by atoms with Crippen LogP contribution in [0.15, 0.2) is 34.2 Å². The number of aliphatic imine (C=N–C) groups is 1. The molecule has 1 aliphatic rings. The van der Waals surface area contributed by atoms with Crippen LogP contribution in [0, 0.1) is 0 Å². The Hall–Kier alpha value is -1.64. The lowest BCUT2D eigenvalue weighted by molar-refractivity contribution is 0.114. The van der Waals surface area contributed by atoms with Crippen LogP contribution >= 0.6 is 0 Å². The van der Waals surface area contributed by atoms with E-state index in [0.717, 1.165) is 37.8 Å². The van der Waals surface area contributed by atoms with Gasteiger partial charge in [0.05, 0.1) is 17.5 Å². The molecule has 1 aromatic rings. The van der Waals surface area contributed by atoms with Crippen molar-refractivity contribution in [2.45, 2.75) is 50.2 Å². The van der Waals surface area contributed by atoms with Crippen LogP contribution in [0.2, 0.25) is 0 Å². The van der Waals surface area contributed by atoms with Gasteiger partial charge in [-0.1, -0.05) is 25.5 Å². The van der Waals surface area contributed by atoms with Crippen molar-refractivity contribution in [2.24, 2.45) is 10.7 Å². The predicted molar refractivity (Wildman–Crippen MR) is 98.8 cm³/mol. The number of nitrogens with one attached hydrogen (secondary N) is 2. The second kappa shape index (κ2) is 9.74. The van der Waals surface area contributed by atoms with Gasteiger partial charge in [0.25, 0.3) is 0 Å². The van der Waals surface area contributed by atoms with Crippen molar-refractivity contribution in [2.75, 3.05) is 19.7 Å². The fourth-order valence-corrected chi connectivity index (χ4v) is 3.56. The predicted octanol–water partition coefficient (Wildman–Crippen LogP) is 1.35. The molecule has 1 saturated heterocycles. The number of sulfonamides is 1. The standard InChI is InChI=1S/C17H28N4O3S/c1-2-3-10-19-17(18)20-12-14-6-8-16(9-7-14)25(22,23)21-13-15-5-4-11-24-15/h6-9,15,21H,2-5,10-13H2,1H3,(H3,18,19,20). The molecule has 8 heteroatoms. The summed E-state index contributed by atoms with van der Waals surface area (Å²) >= 11 is 0. The number of rotatable bonds is 9. The van der Waals surface area contributed by atoms with E-state index in [9.17, 15) is 8.42 Å². The SMILES string of the molecule is CCCCNC(N)=NCc1ccc(S(=O)(=O)NCC2CCCO2)cc1. The van der Waals surface area contributed by atoms with Crippen LogP contribution in [0.25, 0.3) is 0 Å². The van der Waals surface area contributed by atoms with Crippen LogP contribution in [0.4, 0.5) is 0 Å². The van der Waals surface area contributed by atoms with Crippen LogP contribution in [0.1, 0.15) is 38.2 Å². The van der Waals surface area contributed by atoms with E-state index in [0.29, 0.717) is 25.7 Å². The Balaban J connectivity index is 1.86. The van der Waals surface area contributed by atoms with Crippen molar-refractivity contribution in [1.29, 1.82) is 0 Å². The summed E-state index contributed by atoms with van der Waals surface area (Å²) in [5.74, 6) is 0.406. The summed E-state index contributed by atoms with van der Waals surface area (Å²) < 4.78 is 32.6. The van der Waals surface area contributed by atoms with Gasteiger partial charge < -0.3 is 15.8 Å². The molecular formula is C17H28N4O3S. The first-order chi connectivity index (χ1) is 12.0. The fourth-order valence-electron chi connectivity index (χ4n) is 2.49. The molecule has 1 heterocycles. The lowest BCUT2D eigenvalue weighted by Crippen LogP contribution is -2.32. The summed E-state index contributed by atoms with van der Waals surface area (Å²) in [5.41, 5.74) is 6.68. The minimum absolute atomic E-state index is 0.0217. The van der Waals surface area contributed by atoms with Crippen molar-refractivity contribution >= 4 is 16.0 Å². The Morgan fingerprint density at radius 2 is 2.12 bits per heavy atom. The minimum atomic E-state index is -3.51. The Kier molecular flexibility index (Phi) is 7.67. The Morgan fingerprint density at radius 1 is 1.36 bits per heavy atom. The van der Waals surface area contributed by atoms with E-state index in [1.807, 2.05) is 0 Å². The van der Waals surface area contributed by atoms with Gasteiger partial charge in [-0.15, -0.1) is 0 Å². The second-order valence-corrected chi connectivity index (χ2v) is 7.88. The molecule has 0 bridgehead atoms. The topological polar surface area (TPSA) is 106 Å². The van der Waals surface area contributed by atoms with Gasteiger partial charge in [-0.2, -0.15) is 0 Å². The largest absolute Gasteiger partial charge is 0.377 e. The van der Waals surface area contributed by atoms with E-state index >= 15 is 0 Å². The quantitative estimate of drug-likeness (QED) is 0.347. The molecule has 0 amide bonds. The van der Waals surface area contributed by atoms with E-state index in [1.54, 1.807) is 24.3 Å². The molecule has 1 unspecified atom stereocenters. The molecule has 0 radical (unpaired) electrons. The van der Waals surface area contributed by atoms with E-state index in [1.165, 1.54) is 0 Å². The number of ether oxygens (including phenoxy) is 1. The molecule has 1 atom stereocenters. The van der Waals surface area contributed by atoms with Crippen molar-refractivity contribution in [3.05, 3.63) is 29.8 Å². The monoisotopic (exact) mass is 368 g/mol. The number of unbranched alkanes of at least 4 members (excludes halogenated alkanes) is 1. The summed E-state index contributed by atoms with van der Waals surface area (Å²) in [6.07, 6.45) is 4.00. The zero-order chi connectivity index (χ0) is 18.1. The van der Waals surface area contributed by atoms with E-state index in [2.05, 4.69) is 22.0 Å². The average molecular weight is 369 g/mol. The molecule has 25 heavy (non-hydrogen) atoms. The van der Waals surface area contributed by atoms with Gasteiger partial charge in [-0.3, -0.25) is 0 Å². The van der Waals surface area contributed by atoms with Crippen molar-refractivity contribution < 1.29 is 13.2 Å². The van der Waals surface area contributed by atoms with Gasteiger partial charge >= 0.3 is 0 Å². The second-order valence-electron chi connectivity index (χ2n) is 6.11. The maximum Gasteiger partial charge on any atom is 0.240 e. The van der Waals surface area contributed by atoms with Crippen molar-refractivity contribution in [1.82, 2.24) is 10.0 Å². The molecule has 140 valence electrons. The van der Waals surface area contributed by atoms with Gasteiger partial charge in [0, 0.05) is 19.7 Å². The zero-order valence-corrected chi connectivity index (χ0v) is 15.5. The first-order valence-electron chi connectivity index (χ1n) is 8.75. The van der Waals surface area contributed by atoms with Crippen LogP contribution in [-0.2, 0) is 21.3 Å². The molecule has 0 aliphatic carbocycles. The zero-order valence-electron chi connectivity index (χ0n) is 14.7. The summed E-state index contributed by atoms with van der Waals surface area (Å²) in [5, 5.41) is 3.04. The molecule has 1 fully saturated rings. The van der Waals surface area contributed by atoms with E-state index < -0.39 is 10.0 Å². The summed E-state index contributed by atoms with van der Waals surface area (Å²) in [7, 11) is -3.51. The molecule has 1 aliphatic heterocycles. The van der Waals surface area contributed by atoms with Crippen LogP contribution < -0.4 is 15.8 Å². The van der Waals surface area contributed by atoms with Gasteiger partial charge in [0.15, 0.2) is 5.96 Å². The minimum Gasteiger partial charge on any atom is -0.377 e. The molecular weight excluding hydrogens is 340 g/mol. The molecule has 2 rings (SSSR count). The highest BCUT2D eigenvalue weighted by atomic mass is 32.2. The number of hydrogen-bond donors (Lipinski definition) is 3. The lowest BCUT2D eigenvalue weighted by atomic mass is 10.2. The molecule has 0 aromatic heterocycles. The smallest absolute Gasteiger partial charge is 0.240 e. The highest BCUT2D eigenvalue weighted by molar-refractivity contribution is 7.89. The molecule has 4 N–H and O–H groups in total. The van der Waals surface area contributed by atoms with Crippen molar-refractivity contribution in [3.63, 3.8) is 0 Å². The first-order valence-corrected chi connectivity index (χ1v) is 10.2. The molecule has 0 saturated carbocycles. The van der Waals surface area contributed by atoms with E-state index in [-0.39, 0.29) is 11.0 Å². The van der Waals surface area contributed by atoms with Gasteiger partial charge in [0.1, 0.15) is 0 Å². The maximum absolute atomic E-state index is 12.3.